The number of fused-ring (bicyclic) bond motifs is 1. The molecule has 13 heteroatoms. The Bertz CT molecular complexity index is 1570. The number of pyridine rings is 1. The van der Waals surface area contributed by atoms with Gasteiger partial charge in [-0.25, -0.2) is 0 Å². The van der Waals surface area contributed by atoms with Crippen LogP contribution in [0.15, 0.2) is 59.2 Å². The fourth-order valence-electron chi connectivity index (χ4n) is 4.06. The minimum Gasteiger partial charge on any atom is -0.494 e. The second-order valence-corrected chi connectivity index (χ2v) is 12.9. The number of rotatable bonds is 13. The fourth-order valence-corrected chi connectivity index (χ4v) is 6.19. The molecule has 11 nitrogen and oxygen atoms in total. The molecule has 0 saturated heterocycles. The molecule has 2 atom stereocenters. The van der Waals surface area contributed by atoms with Crippen molar-refractivity contribution in [3.8, 4) is 11.8 Å². The number of hydrogen-bond donors (Lipinski definition) is 2. The van der Waals surface area contributed by atoms with Gasteiger partial charge in [0.2, 0.25) is 19.6 Å². The number of nitrogens with zero attached hydrogens (tertiary/aromatic N) is 3. The number of hydrogen-bond acceptors (Lipinski definition) is 10. The Hall–Kier alpha value is -3.75. The third kappa shape index (κ3) is 9.39. The van der Waals surface area contributed by atoms with Gasteiger partial charge in [-0.1, -0.05) is 35.0 Å². The number of nitriles is 1. The summed E-state index contributed by atoms with van der Waals surface area (Å²) in [7, 11) is 0.116. The van der Waals surface area contributed by atoms with Crippen LogP contribution in [0.25, 0.3) is 10.9 Å². The Balaban J connectivity index is 1.73. The molecule has 3 aromatic rings. The average Bonchev–Trinajstić information content (AvgIpc) is 2.92. The van der Waals surface area contributed by atoms with E-state index in [4.69, 9.17) is 14.0 Å². The van der Waals surface area contributed by atoms with E-state index in [1.54, 1.807) is 37.1 Å². The van der Waals surface area contributed by atoms with Crippen molar-refractivity contribution in [1.29, 1.82) is 5.26 Å². The van der Waals surface area contributed by atoms with Crippen molar-refractivity contribution in [3.63, 3.8) is 0 Å². The molecule has 2 N–H and O–H groups in total. The van der Waals surface area contributed by atoms with Crippen LogP contribution in [0.5, 0.6) is 5.75 Å². The van der Waals surface area contributed by atoms with Gasteiger partial charge in [-0.2, -0.15) is 5.26 Å². The van der Waals surface area contributed by atoms with E-state index in [1.165, 1.54) is 33.0 Å². The molecule has 1 heterocycles. The van der Waals surface area contributed by atoms with Gasteiger partial charge in [-0.05, 0) is 38.2 Å². The van der Waals surface area contributed by atoms with Gasteiger partial charge in [0.25, 0.3) is 0 Å². The van der Waals surface area contributed by atoms with E-state index in [9.17, 15) is 19.4 Å². The maximum atomic E-state index is 12.8. The monoisotopic (exact) mass is 657 g/mol. The van der Waals surface area contributed by atoms with Crippen LogP contribution in [-0.2, 0) is 23.4 Å². The number of amides is 1. The highest BCUT2D eigenvalue weighted by Crippen LogP contribution is 2.44. The number of methoxy groups -OCH3 is 1. The molecular weight excluding hydrogens is 625 g/mol. The standard InChI is InChI=1S/C29H33BrN5O6P/c1-6-28(37)40-19(2)41-42(5,38)18-35(3)12-8-11-27(36)34-25-14-23-24(15-26(25)39-4)32-17-20(16-31)29(23)33-22-10-7-9-21(30)13-22/h7-11,13-15,17,19H,6,12,18H2,1-5H3,(H,32,33)(H,34,36). The second-order valence-electron chi connectivity index (χ2n) is 9.47. The summed E-state index contributed by atoms with van der Waals surface area (Å²) in [5.41, 5.74) is 2.61. The van der Waals surface area contributed by atoms with E-state index in [1.807, 2.05) is 24.3 Å². The molecule has 0 radical (unpaired) electrons. The number of carbonyl (C=O) groups excluding carboxylic acids is 2. The maximum Gasteiger partial charge on any atom is 0.307 e. The number of carbonyl (C=O) groups is 2. The Morgan fingerprint density at radius 3 is 2.71 bits per heavy atom. The lowest BCUT2D eigenvalue weighted by atomic mass is 10.1. The second kappa shape index (κ2) is 14.9. The molecule has 0 aliphatic heterocycles. The summed E-state index contributed by atoms with van der Waals surface area (Å²) < 4.78 is 29.7. The third-order valence-corrected chi connectivity index (χ3v) is 8.04. The molecule has 3 rings (SSSR count). The zero-order valence-electron chi connectivity index (χ0n) is 24.0. The Morgan fingerprint density at radius 2 is 2.05 bits per heavy atom. The Labute approximate surface area is 253 Å². The van der Waals surface area contributed by atoms with E-state index in [-0.39, 0.29) is 12.7 Å². The molecule has 1 aromatic heterocycles. The number of anilines is 3. The normalized spacial score (nSPS) is 13.4. The van der Waals surface area contributed by atoms with E-state index >= 15 is 0 Å². The van der Waals surface area contributed by atoms with Crippen molar-refractivity contribution in [2.45, 2.75) is 26.6 Å². The van der Waals surface area contributed by atoms with E-state index in [0.717, 1.165) is 10.2 Å². The van der Waals surface area contributed by atoms with Gasteiger partial charge in [0.15, 0.2) is 0 Å². The molecule has 0 saturated carbocycles. The lowest BCUT2D eigenvalue weighted by Gasteiger charge is -2.23. The molecule has 0 aliphatic carbocycles. The summed E-state index contributed by atoms with van der Waals surface area (Å²) in [6.07, 6.45) is 3.83. The highest BCUT2D eigenvalue weighted by molar-refractivity contribution is 9.10. The predicted molar refractivity (Wildman–Crippen MR) is 166 cm³/mol. The lowest BCUT2D eigenvalue weighted by molar-refractivity contribution is -0.160. The largest absolute Gasteiger partial charge is 0.494 e. The quantitative estimate of drug-likeness (QED) is 0.0940. The lowest BCUT2D eigenvalue weighted by Crippen LogP contribution is -2.23. The van der Waals surface area contributed by atoms with Crippen LogP contribution in [0.1, 0.15) is 25.8 Å². The van der Waals surface area contributed by atoms with Gasteiger partial charge in [-0.15, -0.1) is 0 Å². The summed E-state index contributed by atoms with van der Waals surface area (Å²) in [5, 5.41) is 16.5. The molecule has 2 unspecified atom stereocenters. The van der Waals surface area contributed by atoms with E-state index in [0.29, 0.717) is 40.1 Å². The van der Waals surface area contributed by atoms with Crippen LogP contribution >= 0.6 is 23.3 Å². The zero-order chi connectivity index (χ0) is 30.9. The first-order chi connectivity index (χ1) is 19.9. The van der Waals surface area contributed by atoms with Crippen LogP contribution in [-0.4, -0.2) is 61.7 Å². The number of esters is 1. The van der Waals surface area contributed by atoms with Crippen LogP contribution in [0.2, 0.25) is 0 Å². The SMILES string of the molecule is CCC(=O)OC(C)OP(C)(=O)CN(C)CC=CC(=O)Nc1cc2c(Nc3cccc(Br)c3)c(C#N)cnc2cc1OC. The summed E-state index contributed by atoms with van der Waals surface area (Å²) >= 11 is 3.45. The highest BCUT2D eigenvalue weighted by Gasteiger charge is 2.23. The molecule has 42 heavy (non-hydrogen) atoms. The van der Waals surface area contributed by atoms with Gasteiger partial charge in [-0.3, -0.25) is 28.6 Å². The van der Waals surface area contributed by atoms with Crippen LogP contribution in [0.4, 0.5) is 17.1 Å². The first kappa shape index (κ1) is 32.8. The summed E-state index contributed by atoms with van der Waals surface area (Å²) in [5.74, 6) is -0.455. The van der Waals surface area contributed by atoms with Crippen LogP contribution in [0.3, 0.4) is 0 Å². The molecule has 2 aromatic carbocycles. The van der Waals surface area contributed by atoms with Crippen molar-refractivity contribution >= 4 is 63.1 Å². The Kier molecular flexibility index (Phi) is 11.6. The number of ether oxygens (including phenoxy) is 2. The van der Waals surface area contributed by atoms with Gasteiger partial charge >= 0.3 is 5.97 Å². The van der Waals surface area contributed by atoms with Crippen molar-refractivity contribution in [1.82, 2.24) is 9.88 Å². The summed E-state index contributed by atoms with van der Waals surface area (Å²) in [6.45, 7) is 4.96. The topological polar surface area (TPSA) is 143 Å². The van der Waals surface area contributed by atoms with Gasteiger partial charge in [0.05, 0.1) is 35.9 Å². The van der Waals surface area contributed by atoms with E-state index < -0.39 is 25.5 Å². The molecule has 0 aliphatic rings. The van der Waals surface area contributed by atoms with Crippen molar-refractivity contribution < 1.29 is 28.2 Å². The molecule has 0 fully saturated rings. The Morgan fingerprint density at radius 1 is 1.29 bits per heavy atom. The molecule has 0 bridgehead atoms. The van der Waals surface area contributed by atoms with Gasteiger partial charge < -0.3 is 20.1 Å². The van der Waals surface area contributed by atoms with E-state index in [2.05, 4.69) is 37.6 Å². The maximum absolute atomic E-state index is 12.8. The minimum absolute atomic E-state index is 0.0907. The smallest absolute Gasteiger partial charge is 0.307 e. The third-order valence-electron chi connectivity index (χ3n) is 5.80. The van der Waals surface area contributed by atoms with Crippen molar-refractivity contribution in [2.24, 2.45) is 0 Å². The van der Waals surface area contributed by atoms with Crippen LogP contribution < -0.4 is 15.4 Å². The predicted octanol–water partition coefficient (Wildman–Crippen LogP) is 6.23. The summed E-state index contributed by atoms with van der Waals surface area (Å²) in [4.78, 5) is 30.4. The number of nitrogens with one attached hydrogen (secondary N) is 2. The number of aromatic nitrogens is 1. The van der Waals surface area contributed by atoms with Crippen molar-refractivity contribution in [3.05, 3.63) is 64.8 Å². The number of benzene rings is 2. The van der Waals surface area contributed by atoms with Crippen molar-refractivity contribution in [2.75, 3.05) is 44.3 Å². The van der Waals surface area contributed by atoms with Crippen LogP contribution in [0, 0.1) is 11.3 Å². The number of likely N-dealkylation sites (N-methyl/N-ethyl adjacent to an activating group) is 1. The fraction of sp³-hybridized carbons (Fsp3) is 0.310. The average molecular weight is 658 g/mol. The number of halogens is 1. The minimum atomic E-state index is -3.10. The summed E-state index contributed by atoms with van der Waals surface area (Å²) in [6, 6.07) is 13.1. The van der Waals surface area contributed by atoms with Gasteiger partial charge in [0, 0.05) is 53.5 Å². The zero-order valence-corrected chi connectivity index (χ0v) is 26.5. The molecule has 1 amide bonds. The first-order valence-corrected chi connectivity index (χ1v) is 16.0. The first-order valence-electron chi connectivity index (χ1n) is 13.0. The molecule has 0 spiro atoms. The highest BCUT2D eigenvalue weighted by atomic mass is 79.9. The molecular formula is C29H33BrN5O6P. The molecule has 222 valence electrons. The van der Waals surface area contributed by atoms with Gasteiger partial charge in [0.1, 0.15) is 11.8 Å².